The second kappa shape index (κ2) is 2.38. The van der Waals surface area contributed by atoms with E-state index in [1.54, 1.807) is 0 Å². The molecule has 1 aliphatic rings. The fourth-order valence-electron chi connectivity index (χ4n) is 1.65. The predicted octanol–water partition coefficient (Wildman–Crippen LogP) is 1.80. The van der Waals surface area contributed by atoms with Crippen molar-refractivity contribution in [3.8, 4) is 0 Å². The van der Waals surface area contributed by atoms with Crippen LogP contribution in [-0.4, -0.2) is 19.1 Å². The summed E-state index contributed by atoms with van der Waals surface area (Å²) < 4.78 is 0. The van der Waals surface area contributed by atoms with E-state index in [1.165, 1.54) is 6.04 Å². The fraction of sp³-hybridized carbons (Fsp3) is 0.857. The predicted molar refractivity (Wildman–Crippen MR) is 42.8 cm³/mol. The van der Waals surface area contributed by atoms with Crippen molar-refractivity contribution in [2.75, 3.05) is 0 Å². The summed E-state index contributed by atoms with van der Waals surface area (Å²) in [7, 11) is -1.05. The standard InChI is InChI=1S/C7H14O2Si/c1-10(2)4-3-6(5-10)7(8)9/h6H,3-5H2,1-2H3,(H,8,9). The van der Waals surface area contributed by atoms with Crippen molar-refractivity contribution in [2.24, 2.45) is 5.92 Å². The highest BCUT2D eigenvalue weighted by Crippen LogP contribution is 2.34. The maximum absolute atomic E-state index is 10.5. The molecule has 0 bridgehead atoms. The third kappa shape index (κ3) is 1.59. The van der Waals surface area contributed by atoms with Crippen molar-refractivity contribution >= 4 is 14.0 Å². The highest BCUT2D eigenvalue weighted by atomic mass is 28.3. The van der Waals surface area contributed by atoms with E-state index in [2.05, 4.69) is 13.1 Å². The Kier molecular flexibility index (Phi) is 1.85. The summed E-state index contributed by atoms with van der Waals surface area (Å²) in [6, 6.07) is 2.19. The molecule has 1 N–H and O–H groups in total. The van der Waals surface area contributed by atoms with Crippen LogP contribution in [-0.2, 0) is 4.79 Å². The van der Waals surface area contributed by atoms with Gasteiger partial charge in [0, 0.05) is 8.07 Å². The van der Waals surface area contributed by atoms with Crippen LogP contribution in [0, 0.1) is 5.92 Å². The van der Waals surface area contributed by atoms with Crippen LogP contribution in [0.4, 0.5) is 0 Å². The summed E-state index contributed by atoms with van der Waals surface area (Å²) in [5.74, 6) is -0.597. The molecule has 0 aromatic carbocycles. The first-order chi connectivity index (χ1) is 4.51. The van der Waals surface area contributed by atoms with Gasteiger partial charge in [0.1, 0.15) is 0 Å². The van der Waals surface area contributed by atoms with E-state index in [4.69, 9.17) is 5.11 Å². The summed E-state index contributed by atoms with van der Waals surface area (Å²) >= 11 is 0. The topological polar surface area (TPSA) is 37.3 Å². The first kappa shape index (κ1) is 7.79. The lowest BCUT2D eigenvalue weighted by molar-refractivity contribution is -0.140. The van der Waals surface area contributed by atoms with Gasteiger partial charge in [0.15, 0.2) is 0 Å². The molecule has 3 heteroatoms. The molecular formula is C7H14O2Si. The summed E-state index contributed by atoms with van der Waals surface area (Å²) in [5, 5.41) is 8.67. The number of rotatable bonds is 1. The largest absolute Gasteiger partial charge is 0.481 e. The molecule has 1 saturated heterocycles. The van der Waals surface area contributed by atoms with Gasteiger partial charge in [0.25, 0.3) is 0 Å². The number of carbonyl (C=O) groups is 1. The molecule has 1 unspecified atom stereocenters. The molecule has 2 nitrogen and oxygen atoms in total. The van der Waals surface area contributed by atoms with Crippen molar-refractivity contribution in [2.45, 2.75) is 31.6 Å². The monoisotopic (exact) mass is 158 g/mol. The lowest BCUT2D eigenvalue weighted by atomic mass is 10.1. The van der Waals surface area contributed by atoms with E-state index in [9.17, 15) is 4.79 Å². The Morgan fingerprint density at radius 2 is 2.20 bits per heavy atom. The molecule has 1 aliphatic heterocycles. The molecule has 1 fully saturated rings. The van der Waals surface area contributed by atoms with E-state index < -0.39 is 14.0 Å². The Balaban J connectivity index is 2.51. The SMILES string of the molecule is C[Si]1(C)CCC(C(=O)O)C1. The van der Waals surface area contributed by atoms with Crippen molar-refractivity contribution in [1.82, 2.24) is 0 Å². The molecule has 1 atom stereocenters. The van der Waals surface area contributed by atoms with Gasteiger partial charge >= 0.3 is 5.97 Å². The van der Waals surface area contributed by atoms with E-state index in [-0.39, 0.29) is 5.92 Å². The van der Waals surface area contributed by atoms with Crippen LogP contribution in [0.3, 0.4) is 0 Å². The Hall–Kier alpha value is -0.313. The summed E-state index contributed by atoms with van der Waals surface area (Å²) in [4.78, 5) is 10.5. The lowest BCUT2D eigenvalue weighted by Gasteiger charge is -2.12. The molecule has 0 saturated carbocycles. The fourth-order valence-corrected chi connectivity index (χ4v) is 4.69. The van der Waals surface area contributed by atoms with Crippen LogP contribution in [0.5, 0.6) is 0 Å². The first-order valence-corrected chi connectivity index (χ1v) is 7.15. The van der Waals surface area contributed by atoms with E-state index in [0.717, 1.165) is 12.5 Å². The molecule has 10 heavy (non-hydrogen) atoms. The minimum absolute atomic E-state index is 0.0123. The van der Waals surface area contributed by atoms with Crippen LogP contribution in [0.1, 0.15) is 6.42 Å². The van der Waals surface area contributed by atoms with Crippen molar-refractivity contribution in [3.63, 3.8) is 0 Å². The Morgan fingerprint density at radius 1 is 1.60 bits per heavy atom. The van der Waals surface area contributed by atoms with E-state index >= 15 is 0 Å². The van der Waals surface area contributed by atoms with Crippen molar-refractivity contribution < 1.29 is 9.90 Å². The number of aliphatic carboxylic acids is 1. The summed E-state index contributed by atoms with van der Waals surface area (Å²) in [6.07, 6.45) is 0.925. The zero-order valence-corrected chi connectivity index (χ0v) is 7.55. The molecular weight excluding hydrogens is 144 g/mol. The molecule has 1 rings (SSSR count). The third-order valence-corrected chi connectivity index (χ3v) is 5.56. The van der Waals surface area contributed by atoms with Gasteiger partial charge in [0.05, 0.1) is 5.92 Å². The highest BCUT2D eigenvalue weighted by molar-refractivity contribution is 6.78. The first-order valence-electron chi connectivity index (χ1n) is 3.74. The molecule has 0 amide bonds. The smallest absolute Gasteiger partial charge is 0.306 e. The van der Waals surface area contributed by atoms with E-state index in [1.807, 2.05) is 0 Å². The molecule has 0 aromatic heterocycles. The van der Waals surface area contributed by atoms with Gasteiger partial charge in [-0.25, -0.2) is 0 Å². The maximum Gasteiger partial charge on any atom is 0.306 e. The van der Waals surface area contributed by atoms with Crippen LogP contribution in [0.15, 0.2) is 0 Å². The van der Waals surface area contributed by atoms with Gasteiger partial charge < -0.3 is 5.11 Å². The van der Waals surface area contributed by atoms with Crippen LogP contribution in [0.2, 0.25) is 25.2 Å². The highest BCUT2D eigenvalue weighted by Gasteiger charge is 2.36. The molecule has 0 aliphatic carbocycles. The molecule has 58 valence electrons. The van der Waals surface area contributed by atoms with Crippen molar-refractivity contribution in [1.29, 1.82) is 0 Å². The number of hydrogen-bond acceptors (Lipinski definition) is 1. The number of hydrogen-bond donors (Lipinski definition) is 1. The minimum Gasteiger partial charge on any atom is -0.481 e. The lowest BCUT2D eigenvalue weighted by Crippen LogP contribution is -2.21. The quantitative estimate of drug-likeness (QED) is 0.591. The van der Waals surface area contributed by atoms with Gasteiger partial charge in [0.2, 0.25) is 0 Å². The van der Waals surface area contributed by atoms with Crippen LogP contribution >= 0.6 is 0 Å². The van der Waals surface area contributed by atoms with Crippen LogP contribution < -0.4 is 0 Å². The van der Waals surface area contributed by atoms with E-state index in [0.29, 0.717) is 0 Å². The second-order valence-electron chi connectivity index (χ2n) is 3.94. The third-order valence-electron chi connectivity index (χ3n) is 2.32. The summed E-state index contributed by atoms with van der Waals surface area (Å²) in [6.45, 7) is 4.55. The Morgan fingerprint density at radius 3 is 2.40 bits per heavy atom. The zero-order chi connectivity index (χ0) is 7.78. The Labute approximate surface area is 62.3 Å². The number of carboxylic acids is 1. The molecule has 1 heterocycles. The van der Waals surface area contributed by atoms with Crippen molar-refractivity contribution in [3.05, 3.63) is 0 Å². The van der Waals surface area contributed by atoms with Gasteiger partial charge in [-0.05, 0) is 12.5 Å². The zero-order valence-electron chi connectivity index (χ0n) is 6.55. The molecule has 0 radical (unpaired) electrons. The van der Waals surface area contributed by atoms with Gasteiger partial charge in [-0.2, -0.15) is 0 Å². The summed E-state index contributed by atoms with van der Waals surface area (Å²) in [5.41, 5.74) is 0. The average Bonchev–Trinajstić information content (AvgIpc) is 2.10. The van der Waals surface area contributed by atoms with Gasteiger partial charge in [-0.1, -0.05) is 19.1 Å². The second-order valence-corrected chi connectivity index (χ2v) is 9.18. The maximum atomic E-state index is 10.5. The van der Waals surface area contributed by atoms with Gasteiger partial charge in [-0.3, -0.25) is 4.79 Å². The number of carboxylic acid groups (broad SMARTS) is 1. The van der Waals surface area contributed by atoms with Crippen LogP contribution in [0.25, 0.3) is 0 Å². The molecule has 0 aromatic rings. The van der Waals surface area contributed by atoms with Gasteiger partial charge in [-0.15, -0.1) is 0 Å². The Bertz CT molecular complexity index is 154. The normalized spacial score (nSPS) is 30.4. The minimum atomic E-state index is -1.05. The molecule has 0 spiro atoms. The average molecular weight is 158 g/mol.